The number of nitrogens with one attached hydrogen (secondary N) is 2. The molecule has 1 rings (SSSR count). The van der Waals surface area contributed by atoms with Crippen molar-refractivity contribution in [1.29, 1.82) is 0 Å². The van der Waals surface area contributed by atoms with Gasteiger partial charge >= 0.3 is 0 Å². The summed E-state index contributed by atoms with van der Waals surface area (Å²) in [6.45, 7) is 3.94. The number of nitrogens with two attached hydrogens (primary N) is 1. The summed E-state index contributed by atoms with van der Waals surface area (Å²) in [6, 6.07) is 4.98. The lowest BCUT2D eigenvalue weighted by Crippen LogP contribution is -2.34. The van der Waals surface area contributed by atoms with Crippen molar-refractivity contribution < 1.29 is 13.2 Å². The van der Waals surface area contributed by atoms with Gasteiger partial charge in [0.05, 0.1) is 5.75 Å². The third kappa shape index (κ3) is 4.88. The van der Waals surface area contributed by atoms with Crippen molar-refractivity contribution in [3.63, 3.8) is 0 Å². The van der Waals surface area contributed by atoms with E-state index in [1.165, 1.54) is 0 Å². The molecule has 0 spiro atoms. The first kappa shape index (κ1) is 15.5. The van der Waals surface area contributed by atoms with E-state index in [2.05, 4.69) is 10.0 Å². The molecule has 19 heavy (non-hydrogen) atoms. The number of benzene rings is 1. The zero-order valence-corrected chi connectivity index (χ0v) is 11.9. The Morgan fingerprint density at radius 2 is 2.05 bits per heavy atom. The topological polar surface area (TPSA) is 101 Å². The molecule has 1 amide bonds. The Morgan fingerprint density at radius 1 is 1.37 bits per heavy atom. The Morgan fingerprint density at radius 3 is 2.63 bits per heavy atom. The second kappa shape index (κ2) is 6.53. The fourth-order valence-corrected chi connectivity index (χ4v) is 2.43. The van der Waals surface area contributed by atoms with Crippen molar-refractivity contribution in [2.24, 2.45) is 0 Å². The Bertz CT molecular complexity index is 555. The van der Waals surface area contributed by atoms with E-state index in [9.17, 15) is 13.2 Å². The predicted molar refractivity (Wildman–Crippen MR) is 75.4 cm³/mol. The Hall–Kier alpha value is -1.60. The first-order valence-corrected chi connectivity index (χ1v) is 7.62. The molecule has 0 atom stereocenters. The van der Waals surface area contributed by atoms with E-state index >= 15 is 0 Å². The summed E-state index contributed by atoms with van der Waals surface area (Å²) in [7, 11) is -3.31. The van der Waals surface area contributed by atoms with Crippen molar-refractivity contribution in [2.45, 2.75) is 13.8 Å². The van der Waals surface area contributed by atoms with Gasteiger partial charge in [0, 0.05) is 24.3 Å². The predicted octanol–water partition coefficient (Wildman–Crippen LogP) is 0.246. The van der Waals surface area contributed by atoms with Crippen LogP contribution in [0.15, 0.2) is 18.2 Å². The van der Waals surface area contributed by atoms with Crippen LogP contribution in [0.3, 0.4) is 0 Å². The van der Waals surface area contributed by atoms with Gasteiger partial charge in [-0.3, -0.25) is 4.79 Å². The summed E-state index contributed by atoms with van der Waals surface area (Å²) in [4.78, 5) is 11.8. The van der Waals surface area contributed by atoms with E-state index in [4.69, 9.17) is 5.73 Å². The third-order valence-corrected chi connectivity index (χ3v) is 4.03. The van der Waals surface area contributed by atoms with Gasteiger partial charge in [0.25, 0.3) is 5.91 Å². The van der Waals surface area contributed by atoms with Crippen LogP contribution in [0.1, 0.15) is 22.8 Å². The summed E-state index contributed by atoms with van der Waals surface area (Å²) in [5.41, 5.74) is 7.56. The van der Waals surface area contributed by atoms with Crippen molar-refractivity contribution in [2.75, 3.05) is 24.6 Å². The van der Waals surface area contributed by atoms with Gasteiger partial charge in [0.15, 0.2) is 0 Å². The number of aryl methyl sites for hydroxylation is 1. The van der Waals surface area contributed by atoms with E-state index in [0.29, 0.717) is 17.8 Å². The zero-order chi connectivity index (χ0) is 14.5. The molecule has 0 aromatic heterocycles. The molecular formula is C12H19N3O3S. The molecule has 7 heteroatoms. The fraction of sp³-hybridized carbons (Fsp3) is 0.417. The van der Waals surface area contributed by atoms with Gasteiger partial charge in [0.1, 0.15) is 0 Å². The number of carbonyl (C=O) groups excluding carboxylic acids is 1. The first-order chi connectivity index (χ1) is 8.85. The van der Waals surface area contributed by atoms with Crippen LogP contribution >= 0.6 is 0 Å². The van der Waals surface area contributed by atoms with E-state index in [1.807, 2.05) is 6.92 Å². The maximum absolute atomic E-state index is 11.8. The lowest BCUT2D eigenvalue weighted by atomic mass is 10.1. The highest BCUT2D eigenvalue weighted by Crippen LogP contribution is 2.12. The van der Waals surface area contributed by atoms with E-state index in [0.717, 1.165) is 5.56 Å². The van der Waals surface area contributed by atoms with Gasteiger partial charge in [0.2, 0.25) is 10.0 Å². The highest BCUT2D eigenvalue weighted by Gasteiger charge is 2.10. The molecule has 0 saturated carbocycles. The van der Waals surface area contributed by atoms with Gasteiger partial charge in [-0.1, -0.05) is 13.0 Å². The molecule has 0 heterocycles. The number of anilines is 1. The monoisotopic (exact) mass is 285 g/mol. The summed E-state index contributed by atoms with van der Waals surface area (Å²) < 4.78 is 25.1. The largest absolute Gasteiger partial charge is 0.398 e. The van der Waals surface area contributed by atoms with Gasteiger partial charge in [-0.2, -0.15) is 0 Å². The van der Waals surface area contributed by atoms with Crippen molar-refractivity contribution in [3.05, 3.63) is 29.3 Å². The Labute approximate surface area is 113 Å². The molecule has 4 N–H and O–H groups in total. The van der Waals surface area contributed by atoms with Crippen LogP contribution in [-0.2, 0) is 10.0 Å². The SMILES string of the molecule is CCNS(=O)(=O)CCNC(=O)c1ccc(C)c(N)c1. The lowest BCUT2D eigenvalue weighted by Gasteiger charge is -2.08. The maximum atomic E-state index is 11.8. The van der Waals surface area contributed by atoms with Crippen LogP contribution in [0.4, 0.5) is 5.69 Å². The van der Waals surface area contributed by atoms with Crippen LogP contribution in [0.25, 0.3) is 0 Å². The summed E-state index contributed by atoms with van der Waals surface area (Å²) in [6.07, 6.45) is 0. The quantitative estimate of drug-likeness (QED) is 0.652. The molecule has 1 aromatic carbocycles. The number of hydrogen-bond donors (Lipinski definition) is 3. The number of sulfonamides is 1. The molecule has 1 aromatic rings. The lowest BCUT2D eigenvalue weighted by molar-refractivity contribution is 0.0956. The number of nitrogen functional groups attached to an aromatic ring is 1. The van der Waals surface area contributed by atoms with E-state index < -0.39 is 10.0 Å². The number of amides is 1. The molecule has 6 nitrogen and oxygen atoms in total. The van der Waals surface area contributed by atoms with E-state index in [1.54, 1.807) is 25.1 Å². The minimum Gasteiger partial charge on any atom is -0.398 e. The van der Waals surface area contributed by atoms with Gasteiger partial charge in [-0.25, -0.2) is 13.1 Å². The summed E-state index contributed by atoms with van der Waals surface area (Å²) >= 11 is 0. The van der Waals surface area contributed by atoms with Crippen molar-refractivity contribution >= 4 is 21.6 Å². The minimum absolute atomic E-state index is 0.0575. The summed E-state index contributed by atoms with van der Waals surface area (Å²) in [5.74, 6) is -0.480. The molecule has 0 aliphatic carbocycles. The van der Waals surface area contributed by atoms with Gasteiger partial charge < -0.3 is 11.1 Å². The molecular weight excluding hydrogens is 266 g/mol. The molecule has 0 aliphatic heterocycles. The molecule has 0 aliphatic rings. The molecule has 0 bridgehead atoms. The smallest absolute Gasteiger partial charge is 0.251 e. The van der Waals surface area contributed by atoms with E-state index in [-0.39, 0.29) is 18.2 Å². The Kier molecular flexibility index (Phi) is 5.31. The Balaban J connectivity index is 2.54. The van der Waals surface area contributed by atoms with Gasteiger partial charge in [-0.15, -0.1) is 0 Å². The first-order valence-electron chi connectivity index (χ1n) is 5.97. The summed E-state index contributed by atoms with van der Waals surface area (Å²) in [5, 5.41) is 2.55. The zero-order valence-electron chi connectivity index (χ0n) is 11.1. The number of rotatable bonds is 6. The molecule has 0 fully saturated rings. The highest BCUT2D eigenvalue weighted by molar-refractivity contribution is 7.89. The number of carbonyl (C=O) groups is 1. The molecule has 0 saturated heterocycles. The van der Waals surface area contributed by atoms with Crippen LogP contribution in [-0.4, -0.2) is 33.2 Å². The average molecular weight is 285 g/mol. The van der Waals surface area contributed by atoms with Crippen molar-refractivity contribution in [1.82, 2.24) is 10.0 Å². The normalized spacial score (nSPS) is 11.3. The molecule has 0 radical (unpaired) electrons. The van der Waals surface area contributed by atoms with Gasteiger partial charge in [-0.05, 0) is 24.6 Å². The van der Waals surface area contributed by atoms with Crippen LogP contribution < -0.4 is 15.8 Å². The van der Waals surface area contributed by atoms with Crippen LogP contribution in [0.5, 0.6) is 0 Å². The highest BCUT2D eigenvalue weighted by atomic mass is 32.2. The average Bonchev–Trinajstić information content (AvgIpc) is 2.32. The molecule has 0 unspecified atom stereocenters. The maximum Gasteiger partial charge on any atom is 0.251 e. The fourth-order valence-electron chi connectivity index (χ4n) is 1.47. The standard InChI is InChI=1S/C12H19N3O3S/c1-3-15-19(17,18)7-6-14-12(16)10-5-4-9(2)11(13)8-10/h4-5,8,15H,3,6-7,13H2,1-2H3,(H,14,16). The van der Waals surface area contributed by atoms with Crippen molar-refractivity contribution in [3.8, 4) is 0 Å². The van der Waals surface area contributed by atoms with Crippen LogP contribution in [0.2, 0.25) is 0 Å². The second-order valence-electron chi connectivity index (χ2n) is 4.14. The third-order valence-electron chi connectivity index (χ3n) is 2.56. The molecule has 106 valence electrons. The number of hydrogen-bond acceptors (Lipinski definition) is 4. The van der Waals surface area contributed by atoms with Crippen LogP contribution in [0, 0.1) is 6.92 Å². The second-order valence-corrected chi connectivity index (χ2v) is 6.07. The minimum atomic E-state index is -3.31.